The molecular weight excluding hydrogens is 1330 g/mol. The summed E-state index contributed by atoms with van der Waals surface area (Å²) >= 11 is 23.7. The molecule has 33 heteroatoms. The second kappa shape index (κ2) is 30.7. The SMILES string of the molecule is CC(N)c1cc2cc(Cl)ccc2[nH]c1=O.Cc1nc(Cl)nc(N2C(=O)OC[C@@H]2[C@H](C)F)n1.Cc1nc(N[C@@H](C)C2=Cc3cc(Cl)ccc3CC2)nc(N2C(=O)OC[C@@H]2[C@H](C)F)n1.Cc1nc(N[C@H](C)c2cc3cc(Cl)ccc3[nH]c2=O)nc(N2C(=O)OC[C@@H]2[C@H](C)F)n1.Cl. The lowest BCUT2D eigenvalue weighted by Gasteiger charge is -2.24. The Balaban J connectivity index is 0.000000167. The first-order chi connectivity index (χ1) is 44.1. The zero-order valence-corrected chi connectivity index (χ0v) is 55.8. The molecule has 0 radical (unpaired) electrons. The molecule has 3 aliphatic heterocycles. The fraction of sp³-hybridized carbons (Fsp3) is 0.377. The molecule has 9 atom stereocenters. The van der Waals surface area contributed by atoms with Gasteiger partial charge in [-0.25, -0.2) is 47.2 Å². The van der Waals surface area contributed by atoms with Gasteiger partial charge in [0.2, 0.25) is 35.0 Å². The number of pyridine rings is 2. The summed E-state index contributed by atoms with van der Waals surface area (Å²) in [4.78, 5) is 106. The number of cyclic esters (lactones) is 3. The average molecular weight is 1400 g/mol. The van der Waals surface area contributed by atoms with Crippen LogP contribution in [0, 0.1) is 20.8 Å². The van der Waals surface area contributed by atoms with Crippen molar-refractivity contribution in [2.24, 2.45) is 5.73 Å². The monoisotopic (exact) mass is 1400 g/mol. The molecule has 498 valence electrons. The molecule has 0 bridgehead atoms. The normalized spacial score (nSPS) is 18.4. The topological polar surface area (TPSA) is 320 Å². The number of aryl methyl sites for hydroxylation is 4. The molecule has 12 rings (SSSR count). The summed E-state index contributed by atoms with van der Waals surface area (Å²) in [6.07, 6.45) is -1.94. The zero-order valence-electron chi connectivity index (χ0n) is 51.9. The number of halogens is 8. The van der Waals surface area contributed by atoms with Gasteiger partial charge in [-0.05, 0) is 164 Å². The minimum atomic E-state index is -1.33. The van der Waals surface area contributed by atoms with E-state index in [0.717, 1.165) is 49.4 Å². The van der Waals surface area contributed by atoms with Crippen molar-refractivity contribution in [3.05, 3.63) is 153 Å². The highest BCUT2D eigenvalue weighted by Gasteiger charge is 2.43. The van der Waals surface area contributed by atoms with Crippen molar-refractivity contribution in [3.63, 3.8) is 0 Å². The third-order valence-electron chi connectivity index (χ3n) is 15.1. The van der Waals surface area contributed by atoms with Gasteiger partial charge in [0.05, 0.1) is 6.04 Å². The van der Waals surface area contributed by atoms with Crippen molar-refractivity contribution in [2.75, 3.05) is 45.2 Å². The van der Waals surface area contributed by atoms with Gasteiger partial charge in [0.15, 0.2) is 0 Å². The lowest BCUT2D eigenvalue weighted by atomic mass is 9.89. The number of anilines is 5. The van der Waals surface area contributed by atoms with Crippen LogP contribution < -0.4 is 42.2 Å². The van der Waals surface area contributed by atoms with Crippen LogP contribution in [-0.2, 0) is 20.6 Å². The molecule has 94 heavy (non-hydrogen) atoms. The van der Waals surface area contributed by atoms with Gasteiger partial charge in [0.1, 0.15) is 73.9 Å². The van der Waals surface area contributed by atoms with Crippen molar-refractivity contribution in [1.82, 2.24) is 54.8 Å². The highest BCUT2D eigenvalue weighted by Crippen LogP contribution is 2.32. The van der Waals surface area contributed by atoms with Gasteiger partial charge in [0, 0.05) is 60.1 Å². The number of benzene rings is 3. The van der Waals surface area contributed by atoms with Gasteiger partial charge in [0.25, 0.3) is 11.1 Å². The van der Waals surface area contributed by atoms with E-state index in [4.69, 9.17) is 66.3 Å². The molecule has 1 unspecified atom stereocenters. The van der Waals surface area contributed by atoms with E-state index in [1.807, 2.05) is 19.1 Å². The van der Waals surface area contributed by atoms with Crippen LogP contribution in [0.25, 0.3) is 27.9 Å². The number of amides is 3. The molecule has 3 fully saturated rings. The molecule has 3 aromatic carbocycles. The number of aromatic nitrogens is 11. The van der Waals surface area contributed by atoms with E-state index < -0.39 is 61.0 Å². The van der Waals surface area contributed by atoms with E-state index in [0.29, 0.717) is 55.1 Å². The summed E-state index contributed by atoms with van der Waals surface area (Å²) in [5.41, 5.74) is 11.3. The molecule has 3 saturated heterocycles. The first-order valence-electron chi connectivity index (χ1n) is 29.2. The van der Waals surface area contributed by atoms with Gasteiger partial charge in [-0.3, -0.25) is 9.59 Å². The lowest BCUT2D eigenvalue weighted by Crippen LogP contribution is -2.40. The zero-order chi connectivity index (χ0) is 67.3. The summed E-state index contributed by atoms with van der Waals surface area (Å²) in [6.45, 7) is 14.4. The average Bonchev–Trinajstić information content (AvgIpc) is 1.19. The summed E-state index contributed by atoms with van der Waals surface area (Å²) in [7, 11) is 0. The molecule has 3 amide bonds. The number of H-pyrrole nitrogens is 2. The molecule has 25 nitrogen and oxygen atoms in total. The molecule has 4 aliphatic rings. The molecular formula is C61H65Cl5F3N17O8. The summed E-state index contributed by atoms with van der Waals surface area (Å²) in [5.74, 6) is 1.66. The van der Waals surface area contributed by atoms with Crippen LogP contribution in [0.1, 0.15) is 99.8 Å². The molecule has 8 aromatic rings. The van der Waals surface area contributed by atoms with Crippen LogP contribution in [0.2, 0.25) is 20.4 Å². The first-order valence-corrected chi connectivity index (χ1v) is 30.7. The highest BCUT2D eigenvalue weighted by molar-refractivity contribution is 6.32. The Labute approximate surface area is 562 Å². The van der Waals surface area contributed by atoms with Crippen molar-refractivity contribution in [1.29, 1.82) is 0 Å². The standard InChI is InChI=1S/C21H23ClFN5O2.C20H20ClFN6O3.C11H11ClN2O.C9H10ClFN4O2.ClH/c1-11(23)18-10-30-21(29)28(18)20-26-13(3)25-19(27-20)24-12(2)15-5-4-14-6-7-17(22)9-16(14)8-15;1-9(22)16-8-31-20(30)28(16)19-25-11(3)24-18(27-19)23-10(2)14-7-12-6-13(21)4-5-15(12)26-17(14)29;1-6(13)9-5-7-4-8(12)2-3-10(7)14-11(9)15;1-4(11)6-3-17-9(16)15(6)8-13-5(2)12-7(10)14-8;/h6-9,11-12,18H,4-5,10H2,1-3H3,(H,24,25,26,27);4-7,9-10,16H,8H2,1-3H3,(H,26,29)(H,23,24,25,27);2-6H,13H2,1H3,(H,14,15);4,6H,3H2,1-2H3;1H/t11-,12-,18+;9-,10+,16+;;4-,6+;/m00.0./s1. The maximum absolute atomic E-state index is 13.9. The van der Waals surface area contributed by atoms with Gasteiger partial charge in [-0.15, -0.1) is 12.4 Å². The van der Waals surface area contributed by atoms with Crippen LogP contribution in [0.3, 0.4) is 0 Å². The molecule has 8 heterocycles. The molecule has 0 saturated carbocycles. The number of hydrogen-bond acceptors (Lipinski definition) is 20. The van der Waals surface area contributed by atoms with Gasteiger partial charge < -0.3 is 40.5 Å². The lowest BCUT2D eigenvalue weighted by molar-refractivity contribution is 0.173. The second-order valence-electron chi connectivity index (χ2n) is 22.2. The summed E-state index contributed by atoms with van der Waals surface area (Å²) in [6, 6.07) is 16.8. The Morgan fingerprint density at radius 3 is 1.37 bits per heavy atom. The van der Waals surface area contributed by atoms with Crippen LogP contribution in [-0.4, -0.2) is 136 Å². The number of alkyl halides is 3. The van der Waals surface area contributed by atoms with Crippen molar-refractivity contribution < 1.29 is 41.8 Å². The fourth-order valence-electron chi connectivity index (χ4n) is 10.3. The van der Waals surface area contributed by atoms with Crippen molar-refractivity contribution in [2.45, 2.75) is 130 Å². The highest BCUT2D eigenvalue weighted by atomic mass is 35.5. The maximum Gasteiger partial charge on any atom is 0.417 e. The predicted octanol–water partition coefficient (Wildman–Crippen LogP) is 12.0. The number of rotatable bonds is 13. The third-order valence-corrected chi connectivity index (χ3v) is 16.0. The number of ether oxygens (including phenoxy) is 3. The Kier molecular flexibility index (Phi) is 23.3. The van der Waals surface area contributed by atoms with E-state index in [1.54, 1.807) is 83.1 Å². The number of nitrogens with two attached hydrogens (primary N) is 1. The number of aromatic amines is 2. The van der Waals surface area contributed by atoms with Gasteiger partial charge >= 0.3 is 18.3 Å². The van der Waals surface area contributed by atoms with Gasteiger partial charge in [-0.1, -0.05) is 46.9 Å². The van der Waals surface area contributed by atoms with E-state index >= 15 is 0 Å². The van der Waals surface area contributed by atoms with Crippen molar-refractivity contribution in [3.8, 4) is 0 Å². The minimum absolute atomic E-state index is 0. The Bertz CT molecular complexity index is 4270. The largest absolute Gasteiger partial charge is 0.447 e. The number of nitrogens with zero attached hydrogens (tertiary/aromatic N) is 12. The predicted molar refractivity (Wildman–Crippen MR) is 355 cm³/mol. The number of nitrogens with one attached hydrogen (secondary N) is 4. The quantitative estimate of drug-likeness (QED) is 0.0670. The van der Waals surface area contributed by atoms with E-state index in [1.165, 1.54) is 31.9 Å². The smallest absolute Gasteiger partial charge is 0.417 e. The Morgan fingerprint density at radius 1 is 0.521 bits per heavy atom. The Morgan fingerprint density at radius 2 is 0.926 bits per heavy atom. The van der Waals surface area contributed by atoms with Crippen LogP contribution in [0.15, 0.2) is 81.9 Å². The molecule has 5 aromatic heterocycles. The van der Waals surface area contributed by atoms with Crippen molar-refractivity contribution >= 4 is 135 Å². The minimum Gasteiger partial charge on any atom is -0.447 e. The number of carbonyl (C=O) groups is 3. The van der Waals surface area contributed by atoms with Gasteiger partial charge in [-0.2, -0.15) is 39.9 Å². The number of hydrogen-bond donors (Lipinski definition) is 5. The number of fused-ring (bicyclic) bond motifs is 3. The van der Waals surface area contributed by atoms with Crippen LogP contribution in [0.4, 0.5) is 57.3 Å². The molecule has 1 aliphatic carbocycles. The Hall–Kier alpha value is -8.54. The van der Waals surface area contributed by atoms with Crippen LogP contribution >= 0.6 is 58.8 Å². The summed E-state index contributed by atoms with van der Waals surface area (Å²) in [5, 5.41) is 9.88. The van der Waals surface area contributed by atoms with E-state index in [9.17, 15) is 37.1 Å². The fourth-order valence-corrected chi connectivity index (χ4v) is 11.0. The second-order valence-corrected chi connectivity index (χ2v) is 23.8. The molecule has 0 spiro atoms. The number of carbonyl (C=O) groups excluding carboxylic acids is 3. The molecule has 6 N–H and O–H groups in total. The maximum atomic E-state index is 13.9. The van der Waals surface area contributed by atoms with Crippen LogP contribution in [0.5, 0.6) is 0 Å². The summed E-state index contributed by atoms with van der Waals surface area (Å²) < 4.78 is 56.0. The van der Waals surface area contributed by atoms with E-state index in [-0.39, 0.29) is 84.5 Å². The first kappa shape index (κ1) is 71.3. The third kappa shape index (κ3) is 17.0. The van der Waals surface area contributed by atoms with E-state index in [2.05, 4.69) is 77.6 Å².